The fourth-order valence-corrected chi connectivity index (χ4v) is 4.38. The maximum atomic E-state index is 12.5. The average molecular weight is 438 g/mol. The molecule has 0 radical (unpaired) electrons. The number of anilines is 2. The Morgan fingerprint density at radius 3 is 2.57 bits per heavy atom. The molecule has 7 nitrogen and oxygen atoms in total. The smallest absolute Gasteiger partial charge is 0.275 e. The molecule has 0 saturated heterocycles. The normalized spacial score (nSPS) is 11.1. The fourth-order valence-electron chi connectivity index (χ4n) is 2.27. The Morgan fingerprint density at radius 1 is 1.18 bits per heavy atom. The molecule has 0 fully saturated rings. The second-order valence-corrected chi connectivity index (χ2v) is 8.71. The summed E-state index contributed by atoms with van der Waals surface area (Å²) in [6.45, 7) is 1.83. The third-order valence-corrected chi connectivity index (χ3v) is 6.25. The minimum absolute atomic E-state index is 0.0593. The molecule has 2 N–H and O–H groups in total. The number of thiazole rings is 1. The Kier molecular flexibility index (Phi) is 5.87. The van der Waals surface area contributed by atoms with Gasteiger partial charge in [0.05, 0.1) is 12.0 Å². The topological polar surface area (TPSA) is 97.4 Å². The molecule has 3 aromatic rings. The molecule has 1 heterocycles. The highest BCUT2D eigenvalue weighted by atomic mass is 35.5. The monoisotopic (exact) mass is 437 g/mol. The van der Waals surface area contributed by atoms with Crippen LogP contribution in [0.3, 0.4) is 0 Å². The van der Waals surface area contributed by atoms with Gasteiger partial charge in [-0.25, -0.2) is 13.4 Å². The van der Waals surface area contributed by atoms with E-state index in [4.69, 9.17) is 16.3 Å². The van der Waals surface area contributed by atoms with Crippen molar-refractivity contribution in [1.82, 2.24) is 4.98 Å². The van der Waals surface area contributed by atoms with Crippen molar-refractivity contribution in [3.05, 3.63) is 64.1 Å². The highest BCUT2D eigenvalue weighted by Gasteiger charge is 2.18. The van der Waals surface area contributed by atoms with Gasteiger partial charge < -0.3 is 10.1 Å². The molecule has 0 atom stereocenters. The van der Waals surface area contributed by atoms with Gasteiger partial charge in [0.25, 0.3) is 15.9 Å². The molecule has 10 heteroatoms. The number of halogens is 1. The number of sulfonamides is 1. The summed E-state index contributed by atoms with van der Waals surface area (Å²) in [6, 6.07) is 11.1. The zero-order chi connectivity index (χ0) is 20.3. The number of ether oxygens (including phenoxy) is 1. The summed E-state index contributed by atoms with van der Waals surface area (Å²) in [5.41, 5.74) is 1.50. The van der Waals surface area contributed by atoms with E-state index in [-0.39, 0.29) is 15.7 Å². The van der Waals surface area contributed by atoms with Crippen LogP contribution in [0.5, 0.6) is 5.75 Å². The molecule has 0 aliphatic carbocycles. The van der Waals surface area contributed by atoms with E-state index in [1.54, 1.807) is 30.3 Å². The van der Waals surface area contributed by atoms with Crippen molar-refractivity contribution in [2.45, 2.75) is 11.8 Å². The minimum Gasteiger partial charge on any atom is -0.497 e. The maximum Gasteiger partial charge on any atom is 0.275 e. The van der Waals surface area contributed by atoms with Crippen molar-refractivity contribution in [2.24, 2.45) is 0 Å². The van der Waals surface area contributed by atoms with Crippen molar-refractivity contribution >= 4 is 49.7 Å². The molecule has 0 saturated carbocycles. The first-order valence-corrected chi connectivity index (χ1v) is 10.7. The summed E-state index contributed by atoms with van der Waals surface area (Å²) in [4.78, 5) is 16.5. The largest absolute Gasteiger partial charge is 0.497 e. The van der Waals surface area contributed by atoms with E-state index < -0.39 is 15.9 Å². The Hall–Kier alpha value is -2.62. The summed E-state index contributed by atoms with van der Waals surface area (Å²) in [6.07, 6.45) is 0. The zero-order valence-electron chi connectivity index (χ0n) is 14.9. The lowest BCUT2D eigenvalue weighted by Gasteiger charge is -2.07. The zero-order valence-corrected chi connectivity index (χ0v) is 17.3. The SMILES string of the molecule is COc1ccc(S(=O)(=O)Nc2nc(C(=O)Nc3cc(Cl)ccc3C)cs2)cc1. The summed E-state index contributed by atoms with van der Waals surface area (Å²) >= 11 is 6.96. The van der Waals surface area contributed by atoms with E-state index in [1.807, 2.05) is 6.92 Å². The molecule has 3 rings (SSSR count). The van der Waals surface area contributed by atoms with Gasteiger partial charge in [0.15, 0.2) is 5.13 Å². The predicted molar refractivity (Wildman–Crippen MR) is 110 cm³/mol. The lowest BCUT2D eigenvalue weighted by atomic mass is 10.2. The van der Waals surface area contributed by atoms with Crippen LogP contribution < -0.4 is 14.8 Å². The summed E-state index contributed by atoms with van der Waals surface area (Å²) in [7, 11) is -2.33. The van der Waals surface area contributed by atoms with Crippen molar-refractivity contribution < 1.29 is 17.9 Å². The number of rotatable bonds is 6. The quantitative estimate of drug-likeness (QED) is 0.603. The molecule has 146 valence electrons. The molecule has 1 aromatic heterocycles. The Balaban J connectivity index is 1.74. The van der Waals surface area contributed by atoms with Gasteiger partial charge in [-0.2, -0.15) is 0 Å². The number of nitrogens with zero attached hydrogens (tertiary/aromatic N) is 1. The Morgan fingerprint density at radius 2 is 1.89 bits per heavy atom. The summed E-state index contributed by atoms with van der Waals surface area (Å²) in [5.74, 6) is 0.0833. The van der Waals surface area contributed by atoms with Gasteiger partial charge in [-0.05, 0) is 48.9 Å². The summed E-state index contributed by atoms with van der Waals surface area (Å²) < 4.78 is 32.3. The van der Waals surface area contributed by atoms with Gasteiger partial charge in [0, 0.05) is 16.1 Å². The van der Waals surface area contributed by atoms with E-state index >= 15 is 0 Å². The van der Waals surface area contributed by atoms with Crippen molar-refractivity contribution in [1.29, 1.82) is 0 Å². The van der Waals surface area contributed by atoms with E-state index in [9.17, 15) is 13.2 Å². The molecule has 0 aliphatic rings. The van der Waals surface area contributed by atoms with Crippen LogP contribution in [0, 0.1) is 6.92 Å². The molecule has 1 amide bonds. The molecule has 0 bridgehead atoms. The molecule has 2 aromatic carbocycles. The number of hydrogen-bond acceptors (Lipinski definition) is 6. The van der Waals surface area contributed by atoms with Gasteiger partial charge in [-0.1, -0.05) is 17.7 Å². The van der Waals surface area contributed by atoms with E-state index in [0.717, 1.165) is 16.9 Å². The second kappa shape index (κ2) is 8.17. The van der Waals surface area contributed by atoms with Crippen LogP contribution in [0.1, 0.15) is 16.1 Å². The number of amides is 1. The van der Waals surface area contributed by atoms with Crippen LogP contribution in [0.15, 0.2) is 52.7 Å². The van der Waals surface area contributed by atoms with Gasteiger partial charge in [0.2, 0.25) is 0 Å². The standard InChI is InChI=1S/C18H16ClN3O4S2/c1-11-3-4-12(19)9-15(11)20-17(23)16-10-27-18(21-16)22-28(24,25)14-7-5-13(26-2)6-8-14/h3-10H,1-2H3,(H,20,23)(H,21,22). The minimum atomic E-state index is -3.83. The van der Waals surface area contributed by atoms with Crippen LogP contribution in [-0.2, 0) is 10.0 Å². The number of carbonyl (C=O) groups is 1. The number of benzene rings is 2. The van der Waals surface area contributed by atoms with Gasteiger partial charge in [-0.3, -0.25) is 9.52 Å². The number of aromatic nitrogens is 1. The first-order valence-electron chi connectivity index (χ1n) is 7.98. The van der Waals surface area contributed by atoms with Crippen LogP contribution in [-0.4, -0.2) is 26.4 Å². The van der Waals surface area contributed by atoms with Gasteiger partial charge >= 0.3 is 0 Å². The maximum absolute atomic E-state index is 12.5. The number of methoxy groups -OCH3 is 1. The van der Waals surface area contributed by atoms with Crippen molar-refractivity contribution in [2.75, 3.05) is 17.1 Å². The lowest BCUT2D eigenvalue weighted by molar-refractivity contribution is 0.102. The van der Waals surface area contributed by atoms with E-state index in [1.165, 1.54) is 24.6 Å². The molecule has 28 heavy (non-hydrogen) atoms. The number of hydrogen-bond donors (Lipinski definition) is 2. The highest BCUT2D eigenvalue weighted by molar-refractivity contribution is 7.93. The van der Waals surface area contributed by atoms with Gasteiger partial charge in [-0.15, -0.1) is 11.3 Å². The molecular weight excluding hydrogens is 422 g/mol. The first-order chi connectivity index (χ1) is 13.3. The average Bonchev–Trinajstić information content (AvgIpc) is 3.12. The summed E-state index contributed by atoms with van der Waals surface area (Å²) in [5, 5.41) is 4.77. The Labute approximate surface area is 171 Å². The van der Waals surface area contributed by atoms with E-state index in [0.29, 0.717) is 16.5 Å². The molecule has 0 unspecified atom stereocenters. The highest BCUT2D eigenvalue weighted by Crippen LogP contribution is 2.24. The van der Waals surface area contributed by atoms with Crippen LogP contribution in [0.25, 0.3) is 0 Å². The van der Waals surface area contributed by atoms with Gasteiger partial charge in [0.1, 0.15) is 11.4 Å². The molecule has 0 spiro atoms. The lowest BCUT2D eigenvalue weighted by Crippen LogP contribution is -2.15. The second-order valence-electron chi connectivity index (χ2n) is 5.73. The van der Waals surface area contributed by atoms with Crippen molar-refractivity contribution in [3.63, 3.8) is 0 Å². The Bertz CT molecular complexity index is 1110. The van der Waals surface area contributed by atoms with Crippen LogP contribution in [0.4, 0.5) is 10.8 Å². The first kappa shape index (κ1) is 20.1. The number of carbonyl (C=O) groups excluding carboxylic acids is 1. The molecular formula is C18H16ClN3O4S2. The van der Waals surface area contributed by atoms with Crippen LogP contribution in [0.2, 0.25) is 5.02 Å². The third kappa shape index (κ3) is 4.61. The van der Waals surface area contributed by atoms with Crippen LogP contribution >= 0.6 is 22.9 Å². The molecule has 0 aliphatic heterocycles. The number of aryl methyl sites for hydroxylation is 1. The third-order valence-electron chi connectivity index (χ3n) is 3.78. The van der Waals surface area contributed by atoms with Crippen molar-refractivity contribution in [3.8, 4) is 5.75 Å². The number of nitrogens with one attached hydrogen (secondary N) is 2. The predicted octanol–water partition coefficient (Wildman–Crippen LogP) is 4.17. The van der Waals surface area contributed by atoms with E-state index in [2.05, 4.69) is 15.0 Å². The fraction of sp³-hybridized carbons (Fsp3) is 0.111.